The van der Waals surface area contributed by atoms with Crippen LogP contribution in [0.15, 0.2) is 36.4 Å². The van der Waals surface area contributed by atoms with Crippen molar-refractivity contribution in [1.82, 2.24) is 9.80 Å². The first kappa shape index (κ1) is 33.9. The summed E-state index contributed by atoms with van der Waals surface area (Å²) in [6, 6.07) is 6.60. The topological polar surface area (TPSA) is 66.6 Å². The number of carbonyl (C=O) groups excluding carboxylic acids is 2. The Bertz CT molecular complexity index is 1400. The summed E-state index contributed by atoms with van der Waals surface area (Å²) in [7, 11) is 0. The second kappa shape index (κ2) is 12.6. The van der Waals surface area contributed by atoms with E-state index in [0.717, 1.165) is 44.3 Å². The molecule has 0 spiro atoms. The van der Waals surface area contributed by atoms with E-state index in [2.05, 4.69) is 4.90 Å². The van der Waals surface area contributed by atoms with Crippen LogP contribution in [0.1, 0.15) is 67.2 Å². The van der Waals surface area contributed by atoms with Crippen LogP contribution in [-0.4, -0.2) is 54.3 Å². The maximum Gasteiger partial charge on any atom is 0.416 e. The second-order valence-corrected chi connectivity index (χ2v) is 13.6. The number of carbonyl (C=O) groups is 2. The molecule has 2 heterocycles. The van der Waals surface area contributed by atoms with Gasteiger partial charge in [-0.25, -0.2) is 0 Å². The summed E-state index contributed by atoms with van der Waals surface area (Å²) in [5.74, 6) is -0.494. The Morgan fingerprint density at radius 3 is 2.02 bits per heavy atom. The van der Waals surface area contributed by atoms with Gasteiger partial charge in [0.1, 0.15) is 0 Å². The summed E-state index contributed by atoms with van der Waals surface area (Å²) in [6.45, 7) is 2.86. The molecule has 45 heavy (non-hydrogen) atoms. The van der Waals surface area contributed by atoms with Gasteiger partial charge < -0.3 is 15.5 Å². The number of halogens is 8. The van der Waals surface area contributed by atoms with Crippen molar-refractivity contribution >= 4 is 35.0 Å². The van der Waals surface area contributed by atoms with Gasteiger partial charge in [0.05, 0.1) is 33.0 Å². The van der Waals surface area contributed by atoms with Crippen LogP contribution in [0.2, 0.25) is 10.0 Å². The normalized spacial score (nSPS) is 22.8. The minimum atomic E-state index is -5.00. The van der Waals surface area contributed by atoms with Gasteiger partial charge in [0, 0.05) is 18.5 Å². The molecule has 3 fully saturated rings. The molecule has 1 atom stereocenters. The third kappa shape index (κ3) is 7.41. The average molecular weight is 679 g/mol. The van der Waals surface area contributed by atoms with Gasteiger partial charge in [-0.3, -0.25) is 9.59 Å². The Morgan fingerprint density at radius 1 is 0.867 bits per heavy atom. The summed E-state index contributed by atoms with van der Waals surface area (Å²) < 4.78 is 80.6. The number of alkyl halides is 6. The third-order valence-electron chi connectivity index (χ3n) is 10.0. The van der Waals surface area contributed by atoms with E-state index in [9.17, 15) is 35.9 Å². The van der Waals surface area contributed by atoms with Crippen molar-refractivity contribution in [3.05, 3.63) is 68.7 Å². The molecule has 2 amide bonds. The van der Waals surface area contributed by atoms with Gasteiger partial charge in [-0.05, 0) is 112 Å². The number of amides is 2. The average Bonchev–Trinajstić information content (AvgIpc) is 3.79. The third-order valence-corrected chi connectivity index (χ3v) is 10.8. The van der Waals surface area contributed by atoms with E-state index in [0.29, 0.717) is 54.5 Å². The molecule has 2 aromatic carbocycles. The SMILES string of the molecule is NC(=O)C1(C2CCN(CCC3(c4ccc(Cl)c(Cl)c4)CCCN(C(=O)Cc4cc(C(F)(F)F)cc(C(F)(F)F)c4)C3)CC2)CC1. The fraction of sp³-hybridized carbons (Fsp3) is 0.562. The summed E-state index contributed by atoms with van der Waals surface area (Å²) in [5.41, 5.74) is 2.39. The van der Waals surface area contributed by atoms with Crippen LogP contribution < -0.4 is 5.73 Å². The molecule has 2 N–H and O–H groups in total. The number of nitrogens with two attached hydrogens (primary N) is 1. The molecule has 246 valence electrons. The van der Waals surface area contributed by atoms with Crippen LogP contribution in [0, 0.1) is 11.3 Å². The van der Waals surface area contributed by atoms with Gasteiger partial charge >= 0.3 is 12.4 Å². The Labute approximate surface area is 268 Å². The smallest absolute Gasteiger partial charge is 0.369 e. The van der Waals surface area contributed by atoms with E-state index >= 15 is 0 Å². The molecule has 2 aromatic rings. The number of hydrogen-bond donors (Lipinski definition) is 1. The monoisotopic (exact) mass is 677 g/mol. The fourth-order valence-electron chi connectivity index (χ4n) is 7.23. The van der Waals surface area contributed by atoms with Gasteiger partial charge in [-0.1, -0.05) is 29.3 Å². The summed E-state index contributed by atoms with van der Waals surface area (Å²) >= 11 is 12.6. The molecule has 2 saturated heterocycles. The lowest BCUT2D eigenvalue weighted by atomic mass is 9.71. The quantitative estimate of drug-likeness (QED) is 0.294. The van der Waals surface area contributed by atoms with Crippen LogP contribution in [0.25, 0.3) is 0 Å². The lowest BCUT2D eigenvalue weighted by Gasteiger charge is -2.45. The van der Waals surface area contributed by atoms with Crippen molar-refractivity contribution in [2.24, 2.45) is 17.1 Å². The lowest BCUT2D eigenvalue weighted by Crippen LogP contribution is -2.50. The zero-order valence-electron chi connectivity index (χ0n) is 24.5. The zero-order chi connectivity index (χ0) is 32.8. The van der Waals surface area contributed by atoms with Crippen LogP contribution >= 0.6 is 23.2 Å². The Hall–Kier alpha value is -2.50. The van der Waals surface area contributed by atoms with Crippen molar-refractivity contribution in [2.75, 3.05) is 32.7 Å². The zero-order valence-corrected chi connectivity index (χ0v) is 26.1. The van der Waals surface area contributed by atoms with Crippen molar-refractivity contribution < 1.29 is 35.9 Å². The molecule has 1 aliphatic carbocycles. The van der Waals surface area contributed by atoms with E-state index in [1.54, 1.807) is 12.1 Å². The van der Waals surface area contributed by atoms with Gasteiger partial charge in [0.2, 0.25) is 11.8 Å². The van der Waals surface area contributed by atoms with Crippen molar-refractivity contribution in [1.29, 1.82) is 0 Å². The summed E-state index contributed by atoms with van der Waals surface area (Å²) in [5, 5.41) is 0.720. The number of piperidine rings is 2. The molecule has 5 nitrogen and oxygen atoms in total. The first-order chi connectivity index (χ1) is 21.0. The minimum absolute atomic E-state index is 0.0609. The van der Waals surface area contributed by atoms with Gasteiger partial charge in [0.25, 0.3) is 0 Å². The molecule has 1 saturated carbocycles. The van der Waals surface area contributed by atoms with Crippen LogP contribution in [-0.2, 0) is 33.8 Å². The first-order valence-corrected chi connectivity index (χ1v) is 15.8. The predicted octanol–water partition coefficient (Wildman–Crippen LogP) is 7.50. The van der Waals surface area contributed by atoms with Crippen LogP contribution in [0.4, 0.5) is 26.3 Å². The highest BCUT2D eigenvalue weighted by atomic mass is 35.5. The number of nitrogens with zero attached hydrogens (tertiary/aromatic N) is 2. The summed E-state index contributed by atoms with van der Waals surface area (Å²) in [4.78, 5) is 29.4. The minimum Gasteiger partial charge on any atom is -0.369 e. The van der Waals surface area contributed by atoms with E-state index in [-0.39, 0.29) is 35.4 Å². The molecule has 2 aliphatic heterocycles. The number of hydrogen-bond acceptors (Lipinski definition) is 3. The Morgan fingerprint density at radius 2 is 1.49 bits per heavy atom. The number of rotatable bonds is 8. The first-order valence-electron chi connectivity index (χ1n) is 15.1. The molecule has 0 radical (unpaired) electrons. The Kier molecular flexibility index (Phi) is 9.48. The largest absolute Gasteiger partial charge is 0.416 e. The van der Waals surface area contributed by atoms with Crippen LogP contribution in [0.3, 0.4) is 0 Å². The molecule has 13 heteroatoms. The van der Waals surface area contributed by atoms with Gasteiger partial charge in [-0.2, -0.15) is 26.3 Å². The van der Waals surface area contributed by atoms with E-state index in [1.807, 2.05) is 6.07 Å². The fourth-order valence-corrected chi connectivity index (χ4v) is 7.53. The standard InChI is InChI=1S/C32H35Cl2F6N3O2/c33-25-3-2-22(18-26(25)34)29(9-13-42-11-4-21(5-12-42)30(7-8-30)28(41)45)6-1-10-43(19-29)27(44)16-20-14-23(31(35,36)37)17-24(15-20)32(38,39)40/h2-3,14-15,17-18,21H,1,4-13,16,19H2,(H2,41,45). The lowest BCUT2D eigenvalue weighted by molar-refractivity contribution is -0.143. The highest BCUT2D eigenvalue weighted by Crippen LogP contribution is 2.55. The second-order valence-electron chi connectivity index (χ2n) is 12.8. The molecule has 1 unspecified atom stereocenters. The van der Waals surface area contributed by atoms with Crippen molar-refractivity contribution in [3.63, 3.8) is 0 Å². The highest BCUT2D eigenvalue weighted by molar-refractivity contribution is 6.42. The van der Waals surface area contributed by atoms with Gasteiger partial charge in [0.15, 0.2) is 0 Å². The summed E-state index contributed by atoms with van der Waals surface area (Å²) in [6.07, 6.45) is -5.24. The van der Waals surface area contributed by atoms with Crippen molar-refractivity contribution in [3.8, 4) is 0 Å². The molecule has 3 aliphatic rings. The maximum atomic E-state index is 13.5. The van der Waals surface area contributed by atoms with E-state index in [4.69, 9.17) is 28.9 Å². The number of likely N-dealkylation sites (tertiary alicyclic amines) is 2. The molecular weight excluding hydrogens is 643 g/mol. The maximum absolute atomic E-state index is 13.5. The molecular formula is C32H35Cl2F6N3O2. The van der Waals surface area contributed by atoms with Crippen molar-refractivity contribution in [2.45, 2.75) is 69.1 Å². The van der Waals surface area contributed by atoms with E-state index in [1.165, 1.54) is 4.90 Å². The predicted molar refractivity (Wildman–Crippen MR) is 159 cm³/mol. The molecule has 0 aromatic heterocycles. The van der Waals surface area contributed by atoms with Crippen LogP contribution in [0.5, 0.6) is 0 Å². The van der Waals surface area contributed by atoms with E-state index < -0.39 is 41.2 Å². The number of primary amides is 1. The Balaban J connectivity index is 1.34. The highest BCUT2D eigenvalue weighted by Gasteiger charge is 2.54. The molecule has 5 rings (SSSR count). The number of benzene rings is 2. The van der Waals surface area contributed by atoms with Gasteiger partial charge in [-0.15, -0.1) is 0 Å². The molecule has 0 bridgehead atoms.